The Morgan fingerprint density at radius 2 is 0.938 bits per heavy atom. The van der Waals surface area contributed by atoms with Gasteiger partial charge >= 0.3 is 24.1 Å². The van der Waals surface area contributed by atoms with E-state index in [0.717, 1.165) is 59.6 Å². The summed E-state index contributed by atoms with van der Waals surface area (Å²) in [6.45, 7) is 7.75. The molecule has 2 N–H and O–H groups in total. The molecule has 1 saturated carbocycles. The summed E-state index contributed by atoms with van der Waals surface area (Å²) in [5.74, 6) is -2.20. The molecule has 0 bridgehead atoms. The van der Waals surface area contributed by atoms with E-state index in [-0.39, 0.29) is 47.8 Å². The highest BCUT2D eigenvalue weighted by molar-refractivity contribution is 8.21. The van der Waals surface area contributed by atoms with Crippen LogP contribution in [0.5, 0.6) is 0 Å². The van der Waals surface area contributed by atoms with Gasteiger partial charge in [0, 0.05) is 345 Å². The highest BCUT2D eigenvalue weighted by atomic mass is 16.6. The van der Waals surface area contributed by atoms with Crippen LogP contribution in [-0.4, -0.2) is 366 Å². The average Bonchev–Trinajstić information content (AvgIpc) is 1.65. The van der Waals surface area contributed by atoms with Crippen molar-refractivity contribution < 1.29 is 47.7 Å². The van der Waals surface area contributed by atoms with Crippen LogP contribution in [0, 0.1) is 23.7 Å². The minimum Gasteiger partial charge on any atom is -0.462 e. The molecule has 1 saturated heterocycles. The molecule has 4 amide bonds. The van der Waals surface area contributed by atoms with Crippen LogP contribution >= 0.6 is 0 Å². The Bertz CT molecular complexity index is 3560. The molecule has 0 aromatic heterocycles. The van der Waals surface area contributed by atoms with Crippen molar-refractivity contribution in [3.8, 4) is 0 Å². The quantitative estimate of drug-likeness (QED) is 0.0164. The third-order valence-electron chi connectivity index (χ3n) is 20.5. The number of ether oxygens (including phenoxy) is 4. The second-order valence-electron chi connectivity index (χ2n) is 28.7. The van der Waals surface area contributed by atoms with Crippen molar-refractivity contribution in [2.24, 2.45) is 23.7 Å². The lowest BCUT2D eigenvalue weighted by Gasteiger charge is -2.44. The molecule has 55 heteroatoms. The zero-order valence-corrected chi connectivity index (χ0v) is 64.9. The molecule has 14 nitrogen and oxygen atoms in total. The Labute approximate surface area is 710 Å². The number of nitrogens with one attached hydrogen (secondary N) is 2. The van der Waals surface area contributed by atoms with Crippen LogP contribution in [0.15, 0.2) is 169 Å². The zero-order chi connectivity index (χ0) is 84.1. The number of esters is 2. The molecule has 2 fully saturated rings. The van der Waals surface area contributed by atoms with Crippen LogP contribution in [0.3, 0.4) is 0 Å². The predicted molar refractivity (Wildman–Crippen MR) is 511 cm³/mol. The number of para-hydroxylation sites is 4. The van der Waals surface area contributed by atoms with Crippen LogP contribution < -0.4 is 20.4 Å². The molecule has 8 rings (SSSR count). The molecule has 1 unspecified atom stereocenters. The second kappa shape index (κ2) is 49.3. The summed E-state index contributed by atoms with van der Waals surface area (Å²) in [7, 11) is 128. The van der Waals surface area contributed by atoms with E-state index >= 15 is 0 Å². The van der Waals surface area contributed by atoms with E-state index in [1.807, 2.05) is 140 Å². The summed E-state index contributed by atoms with van der Waals surface area (Å²) in [5, 5.41) is 5.77. The molecule has 4 aromatic rings. The molecule has 113 heavy (non-hydrogen) atoms. The first-order chi connectivity index (χ1) is 53.5. The first-order valence-electron chi connectivity index (χ1n) is 37.9. The fraction of sp³-hybridized carbons (Fsp3) is 0.345. The maximum Gasteiger partial charge on any atom is 0.407 e. The van der Waals surface area contributed by atoms with Crippen molar-refractivity contribution in [3.63, 3.8) is 0 Å². The second-order valence-corrected chi connectivity index (χ2v) is 28.7. The fourth-order valence-corrected chi connectivity index (χ4v) is 15.4. The van der Waals surface area contributed by atoms with Crippen molar-refractivity contribution in [2.75, 3.05) is 23.0 Å². The first kappa shape index (κ1) is 98.5. The van der Waals surface area contributed by atoms with Gasteiger partial charge in [0.15, 0.2) is 0 Å². The van der Waals surface area contributed by atoms with Gasteiger partial charge in [0.25, 0.3) is 5.91 Å². The number of allylic oxidation sites excluding steroid dienone is 2. The van der Waals surface area contributed by atoms with E-state index in [1.54, 1.807) is 42.7 Å². The average molecular weight is 1420 g/mol. The van der Waals surface area contributed by atoms with Crippen molar-refractivity contribution >= 4 is 351 Å². The summed E-state index contributed by atoms with van der Waals surface area (Å²) < 4.78 is 21.1. The van der Waals surface area contributed by atoms with Crippen LogP contribution in [0.2, 0.25) is 0 Å². The molecule has 4 aromatic carbocycles. The van der Waals surface area contributed by atoms with Crippen LogP contribution in [0.25, 0.3) is 0 Å². The largest absolute Gasteiger partial charge is 0.462 e. The molecular formula is C58H64B41N4O10. The molecule has 1 heterocycles. The van der Waals surface area contributed by atoms with E-state index in [2.05, 4.69) is 10.6 Å². The van der Waals surface area contributed by atoms with Gasteiger partial charge in [-0.1, -0.05) is 96.6 Å². The minimum absolute atomic E-state index is 0.0223. The Hall–Kier alpha value is -5.08. The Morgan fingerprint density at radius 3 is 1.33 bits per heavy atom. The van der Waals surface area contributed by atoms with Crippen molar-refractivity contribution in [1.82, 2.24) is 10.6 Å². The van der Waals surface area contributed by atoms with Gasteiger partial charge in [-0.05, 0) is 132 Å². The van der Waals surface area contributed by atoms with E-state index in [1.165, 1.54) is 19.2 Å². The number of hydrogen-bond donors (Lipinski definition) is 2. The van der Waals surface area contributed by atoms with Crippen LogP contribution in [-0.2, 0) is 38.1 Å². The topological polar surface area (TPSA) is 170 Å². The maximum absolute atomic E-state index is 14.5. The number of carbonyl (C=O) groups is 6. The summed E-state index contributed by atoms with van der Waals surface area (Å²) in [5.41, 5.74) is 5.05. The number of cyclic esters (lactones) is 1. The number of rotatable bonds is 31. The molecule has 499 valence electrons. The molecule has 0 spiro atoms. The van der Waals surface area contributed by atoms with E-state index in [9.17, 15) is 28.8 Å². The highest BCUT2D eigenvalue weighted by Gasteiger charge is 2.56. The SMILES string of the molecule is CCOC(=O)N[C@@H]1CCC=C(/C=C/C(=O)OC(C)/C=C\C(=O)N(c2ccccc2)c2ccccc2)C1.CCOC(=O)N[C@@H]1CC[C@@H]2C(=C[C@H]3C(=O)O[C@H](C)[C@H]3[C@H]2C(=O)N(c2ccccc2)c2ccccc2)C1.[B]B([B])B([B])B(B(B([B])[B])B([B])[B])B(B([B])[B])B([B])[B].[B][B]B(B([B])[B])B(B(B([B])[B])B([B])[B])B(B([B])[B])B([B])[B]. The lowest BCUT2D eigenvalue weighted by atomic mass is 8.38. The standard InChI is InChI=1S/2C29H32N2O5.B21.B20/c1-3-35-29(34)30-20-14-15-23-19(16-20)17-24-25(18(2)36-28(24)33)26(23)27(32)31(21-10-6-4-7-11-21)22-12-8-5-9-13-22;1-3-35-29(34)30-24-12-10-11-23(21-24)18-20-28(33)36-22(2)17-19-27(32)31(25-13-6-4-7-14-25)26-15-8-5-9-16-26;1-12-18(13(2)3)21(19(14(4)5)15(6)7)20(16(8)9)17(10)11;1-12(2)17(11)20(18(13(3)4)14(5)6)19(15(7)8)16(9)10/h4-13,17-18,20,23-26H,3,14-16H2,1-2H3,(H,30,34);4-9,11,13-20,22,24H,3,10,12,21H2,1-2H3,(H,30,34);;/b;19-17-,20-18+;;/t18-,20-,23-,24-,25-,26+;22?,24-;;/m11../s1. The molecule has 45 radical (unpaired) electrons. The van der Waals surface area contributed by atoms with Crippen LogP contribution in [0.4, 0.5) is 32.3 Å². The number of fused-ring (bicyclic) bond motifs is 2. The van der Waals surface area contributed by atoms with E-state index < -0.39 is 151 Å². The van der Waals surface area contributed by atoms with Gasteiger partial charge in [-0.2, -0.15) is 0 Å². The molecule has 8 atom stereocenters. The van der Waals surface area contributed by atoms with Gasteiger partial charge < -0.3 is 29.6 Å². The Balaban J connectivity index is 0.000000280. The van der Waals surface area contributed by atoms with Crippen molar-refractivity contribution in [3.05, 3.63) is 169 Å². The minimum atomic E-state index is -0.889. The lowest BCUT2D eigenvalue weighted by molar-refractivity contribution is -0.143. The Morgan fingerprint density at radius 1 is 0.531 bits per heavy atom. The third-order valence-corrected chi connectivity index (χ3v) is 20.5. The number of benzene rings is 4. The number of anilines is 4. The molecule has 4 aliphatic rings. The molecular weight excluding hydrogens is 1360 g/mol. The van der Waals surface area contributed by atoms with Gasteiger partial charge in [-0.25, -0.2) is 14.4 Å². The molecule has 1 aliphatic heterocycles. The van der Waals surface area contributed by atoms with Crippen LogP contribution in [0.1, 0.15) is 66.2 Å². The number of amides is 4. The number of nitrogens with zero attached hydrogens (tertiary/aromatic N) is 2. The lowest BCUT2D eigenvalue weighted by Crippen LogP contribution is -2.81. The Kier molecular flexibility index (Phi) is 43.0. The van der Waals surface area contributed by atoms with Gasteiger partial charge in [-0.3, -0.25) is 24.2 Å². The van der Waals surface area contributed by atoms with Crippen molar-refractivity contribution in [2.45, 2.75) is 90.5 Å². The predicted octanol–water partition coefficient (Wildman–Crippen LogP) is -4.99. The monoisotopic (exact) mass is 1430 g/mol. The third kappa shape index (κ3) is 29.4. The van der Waals surface area contributed by atoms with E-state index in [4.69, 9.17) is 189 Å². The van der Waals surface area contributed by atoms with Crippen molar-refractivity contribution in [1.29, 1.82) is 0 Å². The highest BCUT2D eigenvalue weighted by Crippen LogP contribution is 2.51. The summed E-state index contributed by atoms with van der Waals surface area (Å²) in [6.07, 6.45) is -1.35. The van der Waals surface area contributed by atoms with Gasteiger partial charge in [0.1, 0.15) is 12.2 Å². The summed E-state index contributed by atoms with van der Waals surface area (Å²) in [4.78, 5) is 79.8. The number of carbonyl (C=O) groups excluding carboxylic acids is 6. The maximum atomic E-state index is 14.5. The van der Waals surface area contributed by atoms with Gasteiger partial charge in [0.2, 0.25) is 5.91 Å². The van der Waals surface area contributed by atoms with Gasteiger partial charge in [-0.15, -0.1) is 0 Å². The molecule has 3 aliphatic carbocycles. The van der Waals surface area contributed by atoms with E-state index in [0.29, 0.717) is 26.1 Å². The normalized spacial score (nSPS) is 17.7. The summed E-state index contributed by atoms with van der Waals surface area (Å²) in [6, 6.07) is 37.9. The smallest absolute Gasteiger partial charge is 0.407 e. The summed E-state index contributed by atoms with van der Waals surface area (Å²) >= 11 is 0. The zero-order valence-electron chi connectivity index (χ0n) is 64.9. The first-order valence-corrected chi connectivity index (χ1v) is 37.9. The number of alkyl carbamates (subject to hydrolysis) is 2. The fourth-order valence-electron chi connectivity index (χ4n) is 15.4. The van der Waals surface area contributed by atoms with Gasteiger partial charge in [0.05, 0.1) is 25.0 Å². The number of hydrogen-bond acceptors (Lipinski definition) is 10.